The molecule has 0 heterocycles. The maximum absolute atomic E-state index is 11.5. The van der Waals surface area contributed by atoms with E-state index in [-0.39, 0.29) is 23.3 Å². The molecule has 2 fully saturated rings. The van der Waals surface area contributed by atoms with Gasteiger partial charge in [0.15, 0.2) is 0 Å². The van der Waals surface area contributed by atoms with Crippen molar-refractivity contribution in [1.82, 2.24) is 0 Å². The predicted octanol–water partition coefficient (Wildman–Crippen LogP) is 3.57. The van der Waals surface area contributed by atoms with Crippen LogP contribution >= 0.6 is 0 Å². The van der Waals surface area contributed by atoms with Crippen molar-refractivity contribution >= 4 is 23.9 Å². The number of hydrogen-bond acceptors (Lipinski definition) is 8. The molecule has 0 saturated heterocycles. The third-order valence-corrected chi connectivity index (χ3v) is 6.82. The van der Waals surface area contributed by atoms with Gasteiger partial charge < -0.3 is 18.9 Å². The van der Waals surface area contributed by atoms with E-state index in [1.165, 1.54) is 27.8 Å². The maximum atomic E-state index is 11.5. The number of hydrogen-bond donors (Lipinski definition) is 0. The fraction of sp³-hybridized carbons (Fsp3) is 0.556. The Bertz CT molecular complexity index is 931. The molecule has 4 aliphatic rings. The lowest BCUT2D eigenvalue weighted by atomic mass is 9.78. The van der Waals surface area contributed by atoms with Crippen molar-refractivity contribution in [2.45, 2.75) is 32.6 Å². The van der Waals surface area contributed by atoms with Gasteiger partial charge in [-0.3, -0.25) is 9.59 Å². The summed E-state index contributed by atoms with van der Waals surface area (Å²) in [5, 5.41) is 0. The summed E-state index contributed by atoms with van der Waals surface area (Å²) < 4.78 is 28.9. The Hall–Kier alpha value is -3.41. The molecule has 0 aliphatic heterocycles. The smallest absolute Gasteiger partial charge is 0.383 e. The van der Waals surface area contributed by atoms with Gasteiger partial charge in [0.05, 0.1) is 39.8 Å². The van der Waals surface area contributed by atoms with Crippen molar-refractivity contribution in [2.75, 3.05) is 28.4 Å². The number of halogens is 1. The van der Waals surface area contributed by atoms with Crippen LogP contribution in [0.5, 0.6) is 0 Å². The highest BCUT2D eigenvalue weighted by Crippen LogP contribution is 2.52. The lowest BCUT2D eigenvalue weighted by molar-refractivity contribution is -0.153. The Kier molecular flexibility index (Phi) is 12.1. The van der Waals surface area contributed by atoms with E-state index >= 15 is 0 Å². The number of allylic oxidation sites excluding steroid dienone is 4. The number of ether oxygens (including phenoxy) is 4. The van der Waals surface area contributed by atoms with E-state index in [9.17, 15) is 23.6 Å². The number of esters is 4. The SMILES string of the molecule is C#CC(=O)OC.C=C(F)C(=O)OC.COC(=O)C1(C)CC2C=CC1C2.COC(=O)C1CC2C=CC1C2. The molecule has 4 bridgehead atoms. The van der Waals surface area contributed by atoms with Crippen molar-refractivity contribution in [1.29, 1.82) is 0 Å². The molecule has 0 amide bonds. The molecule has 9 heteroatoms. The van der Waals surface area contributed by atoms with E-state index in [1.807, 2.05) is 6.92 Å². The molecular formula is C27H35FO8. The van der Waals surface area contributed by atoms with E-state index < -0.39 is 17.8 Å². The molecular weight excluding hydrogens is 471 g/mol. The second kappa shape index (κ2) is 14.2. The zero-order chi connectivity index (χ0) is 27.5. The molecule has 0 aromatic carbocycles. The minimum atomic E-state index is -1.07. The Morgan fingerprint density at radius 1 is 0.917 bits per heavy atom. The Morgan fingerprint density at radius 3 is 1.83 bits per heavy atom. The molecule has 0 aromatic heterocycles. The van der Waals surface area contributed by atoms with Gasteiger partial charge in [-0.1, -0.05) is 30.9 Å². The van der Waals surface area contributed by atoms with E-state index in [4.69, 9.17) is 9.47 Å². The summed E-state index contributed by atoms with van der Waals surface area (Å²) in [5.74, 6) is 1.32. The van der Waals surface area contributed by atoms with Gasteiger partial charge in [0.1, 0.15) is 0 Å². The summed E-state index contributed by atoms with van der Waals surface area (Å²) in [5.41, 5.74) is -0.228. The molecule has 36 heavy (non-hydrogen) atoms. The minimum Gasteiger partial charge on any atom is -0.469 e. The van der Waals surface area contributed by atoms with Crippen LogP contribution in [0.2, 0.25) is 0 Å². The van der Waals surface area contributed by atoms with E-state index in [1.54, 1.807) is 5.92 Å². The summed E-state index contributed by atoms with van der Waals surface area (Å²) in [6.45, 7) is 4.71. The monoisotopic (exact) mass is 506 g/mol. The second-order valence-electron chi connectivity index (χ2n) is 9.04. The summed E-state index contributed by atoms with van der Waals surface area (Å²) in [6, 6.07) is 0. The van der Waals surface area contributed by atoms with Crippen molar-refractivity contribution in [3.05, 3.63) is 36.7 Å². The third-order valence-electron chi connectivity index (χ3n) is 6.82. The summed E-state index contributed by atoms with van der Waals surface area (Å²) in [7, 11) is 5.27. The van der Waals surface area contributed by atoms with Crippen LogP contribution in [0.4, 0.5) is 4.39 Å². The van der Waals surface area contributed by atoms with Gasteiger partial charge >= 0.3 is 23.9 Å². The number of methoxy groups -OCH3 is 4. The van der Waals surface area contributed by atoms with Crippen LogP contribution in [-0.4, -0.2) is 52.3 Å². The second-order valence-corrected chi connectivity index (χ2v) is 9.04. The van der Waals surface area contributed by atoms with Gasteiger partial charge in [-0.05, 0) is 56.3 Å². The molecule has 8 nitrogen and oxygen atoms in total. The number of rotatable bonds is 3. The lowest BCUT2D eigenvalue weighted by Gasteiger charge is -2.27. The third kappa shape index (κ3) is 8.08. The quantitative estimate of drug-likeness (QED) is 0.143. The van der Waals surface area contributed by atoms with Gasteiger partial charge in [-0.25, -0.2) is 9.59 Å². The molecule has 6 unspecified atom stereocenters. The molecule has 198 valence electrons. The normalized spacial score (nSPS) is 29.1. The van der Waals surface area contributed by atoms with Crippen LogP contribution in [0.15, 0.2) is 36.7 Å². The molecule has 0 aromatic rings. The van der Waals surface area contributed by atoms with Crippen molar-refractivity contribution in [3.8, 4) is 12.3 Å². The largest absolute Gasteiger partial charge is 0.469 e. The fourth-order valence-corrected chi connectivity index (χ4v) is 4.94. The van der Waals surface area contributed by atoms with Crippen molar-refractivity contribution in [3.63, 3.8) is 0 Å². The van der Waals surface area contributed by atoms with Gasteiger partial charge in [0.25, 0.3) is 0 Å². The molecule has 2 saturated carbocycles. The van der Waals surface area contributed by atoms with E-state index in [2.05, 4.69) is 46.8 Å². The Balaban J connectivity index is 0.000000251. The molecule has 0 radical (unpaired) electrons. The topological polar surface area (TPSA) is 105 Å². The zero-order valence-electron chi connectivity index (χ0n) is 21.5. The Labute approximate surface area is 211 Å². The van der Waals surface area contributed by atoms with Gasteiger partial charge in [-0.2, -0.15) is 4.39 Å². The van der Waals surface area contributed by atoms with Crippen LogP contribution in [0, 0.1) is 47.3 Å². The van der Waals surface area contributed by atoms with Crippen LogP contribution in [0.3, 0.4) is 0 Å². The number of terminal acetylenes is 1. The first kappa shape index (κ1) is 30.6. The van der Waals surface area contributed by atoms with Gasteiger partial charge in [0, 0.05) is 5.92 Å². The first-order valence-corrected chi connectivity index (χ1v) is 11.5. The van der Waals surface area contributed by atoms with Crippen LogP contribution in [0.1, 0.15) is 32.6 Å². The molecule has 4 aliphatic carbocycles. The molecule has 6 atom stereocenters. The number of carbonyl (C=O) groups is 4. The average molecular weight is 507 g/mol. The number of fused-ring (bicyclic) bond motifs is 4. The van der Waals surface area contributed by atoms with Crippen molar-refractivity contribution < 1.29 is 42.5 Å². The Morgan fingerprint density at radius 2 is 1.56 bits per heavy atom. The summed E-state index contributed by atoms with van der Waals surface area (Å²) >= 11 is 0. The highest BCUT2D eigenvalue weighted by molar-refractivity contribution is 5.87. The first-order valence-electron chi connectivity index (χ1n) is 11.5. The highest BCUT2D eigenvalue weighted by atomic mass is 19.1. The van der Waals surface area contributed by atoms with Crippen LogP contribution < -0.4 is 0 Å². The van der Waals surface area contributed by atoms with Crippen LogP contribution in [-0.2, 0) is 38.1 Å². The lowest BCUT2D eigenvalue weighted by Crippen LogP contribution is -2.32. The predicted molar refractivity (Wildman–Crippen MR) is 129 cm³/mol. The minimum absolute atomic E-state index is 0.0261. The standard InChI is InChI=1S/C10H14O2.C9H12O2.C4H5FO2.C4H4O2/c1-10(9(11)12-2)6-7-3-4-8(10)5-7;1-11-9(10)8-5-6-2-3-7(8)4-6;1-3(5)4(6)7-2;1-3-4(5)6-2/h3-4,7-8H,5-6H2,1-2H3;2-3,6-8H,4-5H2,1H3;1H2,2H3;1H,2H3. The highest BCUT2D eigenvalue weighted by Gasteiger charge is 2.50. The first-order chi connectivity index (χ1) is 17.0. The maximum Gasteiger partial charge on any atom is 0.383 e. The molecule has 4 rings (SSSR count). The van der Waals surface area contributed by atoms with Crippen LogP contribution in [0.25, 0.3) is 0 Å². The average Bonchev–Trinajstić information content (AvgIpc) is 3.69. The van der Waals surface area contributed by atoms with Crippen molar-refractivity contribution in [2.24, 2.45) is 35.0 Å². The fourth-order valence-electron chi connectivity index (χ4n) is 4.94. The van der Waals surface area contributed by atoms with E-state index in [0.29, 0.717) is 23.7 Å². The van der Waals surface area contributed by atoms with E-state index in [0.717, 1.165) is 26.4 Å². The summed E-state index contributed by atoms with van der Waals surface area (Å²) in [4.78, 5) is 42.2. The zero-order valence-corrected chi connectivity index (χ0v) is 21.5. The van der Waals surface area contributed by atoms with Gasteiger partial charge in [-0.15, -0.1) is 6.42 Å². The molecule has 0 N–H and O–H groups in total. The van der Waals surface area contributed by atoms with Gasteiger partial charge in [0.2, 0.25) is 5.83 Å². The summed E-state index contributed by atoms with van der Waals surface area (Å²) in [6.07, 6.45) is 17.6. The number of carbonyl (C=O) groups excluding carboxylic acids is 4. The molecule has 0 spiro atoms.